The Labute approximate surface area is 246 Å². The highest BCUT2D eigenvalue weighted by Gasteiger charge is 2.71. The zero-order valence-electron chi connectivity index (χ0n) is 24.0. The van der Waals surface area contributed by atoms with Gasteiger partial charge in [-0.2, -0.15) is 0 Å². The molecule has 2 amide bonds. The predicted molar refractivity (Wildman–Crippen MR) is 162 cm³/mol. The number of nitrogens with zero attached hydrogens (tertiary/aromatic N) is 1. The van der Waals surface area contributed by atoms with E-state index in [2.05, 4.69) is 36.7 Å². The standard InChI is InChI=1S/C35H38BrNO3/c1-33(2,3)22-34(4,5)37-31(39)28-20-27(24-12-8-6-9-13-24)29(30(38)25-14-10-7-11-15-25)35(28,32(37)40)21-23-16-18-26(36)19-17-23/h6-19,27-29H,20-22H2,1-5H3/t27-,28-,29+,35+/m1/s1. The summed E-state index contributed by atoms with van der Waals surface area (Å²) in [5, 5.41) is 0. The average molecular weight is 601 g/mol. The molecule has 1 saturated carbocycles. The van der Waals surface area contributed by atoms with Crippen molar-refractivity contribution in [2.24, 2.45) is 22.7 Å². The Morgan fingerprint density at radius 1 is 0.875 bits per heavy atom. The first-order valence-electron chi connectivity index (χ1n) is 14.1. The van der Waals surface area contributed by atoms with E-state index in [4.69, 9.17) is 0 Å². The Morgan fingerprint density at radius 2 is 1.45 bits per heavy atom. The monoisotopic (exact) mass is 599 g/mol. The normalized spacial score (nSPS) is 24.9. The predicted octanol–water partition coefficient (Wildman–Crippen LogP) is 7.86. The van der Waals surface area contributed by atoms with Crippen LogP contribution in [0, 0.1) is 22.7 Å². The first-order chi connectivity index (χ1) is 18.8. The first-order valence-corrected chi connectivity index (χ1v) is 14.9. The Hall–Kier alpha value is -3.05. The molecular formula is C35H38BrNO3. The van der Waals surface area contributed by atoms with Crippen LogP contribution in [0.15, 0.2) is 89.4 Å². The molecular weight excluding hydrogens is 562 g/mol. The fraction of sp³-hybridized carbons (Fsp3) is 0.400. The minimum absolute atomic E-state index is 0.0642. The fourth-order valence-corrected chi connectivity index (χ4v) is 7.93. The fourth-order valence-electron chi connectivity index (χ4n) is 7.67. The van der Waals surface area contributed by atoms with Crippen molar-refractivity contribution >= 4 is 33.5 Å². The summed E-state index contributed by atoms with van der Waals surface area (Å²) in [6.07, 6.45) is 1.47. The van der Waals surface area contributed by atoms with Crippen molar-refractivity contribution < 1.29 is 14.4 Å². The van der Waals surface area contributed by atoms with Gasteiger partial charge in [0.25, 0.3) is 0 Å². The summed E-state index contributed by atoms with van der Waals surface area (Å²) in [5.41, 5.74) is 0.579. The third-order valence-corrected chi connectivity index (χ3v) is 9.26. The average Bonchev–Trinajstić information content (AvgIpc) is 3.34. The highest BCUT2D eigenvalue weighted by atomic mass is 79.9. The maximum Gasteiger partial charge on any atom is 0.237 e. The lowest BCUT2D eigenvalue weighted by molar-refractivity contribution is -0.150. The third-order valence-electron chi connectivity index (χ3n) is 8.74. The summed E-state index contributed by atoms with van der Waals surface area (Å²) in [6, 6.07) is 27.1. The van der Waals surface area contributed by atoms with Crippen LogP contribution in [0.4, 0.5) is 0 Å². The Bertz CT molecular complexity index is 1410. The van der Waals surface area contributed by atoms with E-state index in [-0.39, 0.29) is 28.9 Å². The van der Waals surface area contributed by atoms with Gasteiger partial charge in [0.15, 0.2) is 5.78 Å². The molecule has 0 radical (unpaired) electrons. The lowest BCUT2D eigenvalue weighted by Gasteiger charge is -2.41. The molecule has 208 valence electrons. The Balaban J connectivity index is 1.72. The van der Waals surface area contributed by atoms with Gasteiger partial charge < -0.3 is 0 Å². The third kappa shape index (κ3) is 4.98. The zero-order chi connectivity index (χ0) is 28.9. The number of hydrogen-bond acceptors (Lipinski definition) is 3. The molecule has 0 aromatic heterocycles. The SMILES string of the molecule is CC(C)(C)CC(C)(C)N1C(=O)[C@H]2C[C@H](c3ccccc3)[C@@H](C(=O)c3ccccc3)[C@@]2(Cc2ccc(Br)cc2)C1=O. The smallest absolute Gasteiger partial charge is 0.237 e. The first kappa shape index (κ1) is 28.5. The number of halogens is 1. The second-order valence-electron chi connectivity index (χ2n) is 13.4. The summed E-state index contributed by atoms with van der Waals surface area (Å²) >= 11 is 3.52. The van der Waals surface area contributed by atoms with Crippen LogP contribution in [0.5, 0.6) is 0 Å². The molecule has 2 fully saturated rings. The minimum Gasteiger partial charge on any atom is -0.294 e. The van der Waals surface area contributed by atoms with E-state index in [9.17, 15) is 14.4 Å². The molecule has 1 aliphatic heterocycles. The van der Waals surface area contributed by atoms with E-state index in [1.807, 2.05) is 98.8 Å². The summed E-state index contributed by atoms with van der Waals surface area (Å²) < 4.78 is 0.942. The molecule has 5 heteroatoms. The molecule has 2 aliphatic rings. The lowest BCUT2D eigenvalue weighted by Crippen LogP contribution is -2.53. The van der Waals surface area contributed by atoms with Crippen LogP contribution in [-0.4, -0.2) is 28.0 Å². The second-order valence-corrected chi connectivity index (χ2v) is 14.3. The van der Waals surface area contributed by atoms with Crippen LogP contribution in [0.2, 0.25) is 0 Å². The molecule has 1 saturated heterocycles. The van der Waals surface area contributed by atoms with Gasteiger partial charge >= 0.3 is 0 Å². The summed E-state index contributed by atoms with van der Waals surface area (Å²) in [4.78, 5) is 45.5. The zero-order valence-corrected chi connectivity index (χ0v) is 25.6. The molecule has 3 aromatic rings. The van der Waals surface area contributed by atoms with Crippen molar-refractivity contribution in [2.75, 3.05) is 0 Å². The van der Waals surface area contributed by atoms with Crippen molar-refractivity contribution in [1.82, 2.24) is 4.90 Å². The molecule has 0 spiro atoms. The summed E-state index contributed by atoms with van der Waals surface area (Å²) in [6.45, 7) is 10.4. The van der Waals surface area contributed by atoms with Gasteiger partial charge in [-0.05, 0) is 67.7 Å². The number of likely N-dealkylation sites (tertiary alicyclic amines) is 1. The molecule has 1 heterocycles. The molecule has 40 heavy (non-hydrogen) atoms. The number of fused-ring (bicyclic) bond motifs is 1. The van der Waals surface area contributed by atoms with Gasteiger partial charge in [0.2, 0.25) is 11.8 Å². The van der Waals surface area contributed by atoms with E-state index in [1.54, 1.807) is 0 Å². The van der Waals surface area contributed by atoms with Crippen LogP contribution >= 0.6 is 15.9 Å². The van der Waals surface area contributed by atoms with Crippen molar-refractivity contribution in [3.8, 4) is 0 Å². The molecule has 3 aromatic carbocycles. The van der Waals surface area contributed by atoms with Crippen LogP contribution in [0.3, 0.4) is 0 Å². The number of benzene rings is 3. The van der Waals surface area contributed by atoms with Gasteiger partial charge in [0, 0.05) is 21.5 Å². The molecule has 1 aliphatic carbocycles. The maximum atomic E-state index is 15.0. The van der Waals surface area contributed by atoms with E-state index in [0.29, 0.717) is 24.8 Å². The highest BCUT2D eigenvalue weighted by Crippen LogP contribution is 2.63. The maximum absolute atomic E-state index is 15.0. The van der Waals surface area contributed by atoms with E-state index < -0.39 is 22.8 Å². The minimum atomic E-state index is -1.17. The van der Waals surface area contributed by atoms with Crippen molar-refractivity contribution in [3.63, 3.8) is 0 Å². The number of carbonyl (C=O) groups excluding carboxylic acids is 3. The number of carbonyl (C=O) groups is 3. The number of amides is 2. The van der Waals surface area contributed by atoms with Crippen LogP contribution in [-0.2, 0) is 16.0 Å². The van der Waals surface area contributed by atoms with E-state index in [1.165, 1.54) is 4.90 Å². The topological polar surface area (TPSA) is 54.5 Å². The molecule has 0 unspecified atom stereocenters. The number of ketones is 1. The van der Waals surface area contributed by atoms with E-state index in [0.717, 1.165) is 15.6 Å². The Kier molecular flexibility index (Phi) is 7.41. The molecule has 0 N–H and O–H groups in total. The highest BCUT2D eigenvalue weighted by molar-refractivity contribution is 9.10. The lowest BCUT2D eigenvalue weighted by atomic mass is 9.65. The van der Waals surface area contributed by atoms with Crippen molar-refractivity contribution in [3.05, 3.63) is 106 Å². The van der Waals surface area contributed by atoms with Gasteiger partial charge in [-0.1, -0.05) is 109 Å². The quantitative estimate of drug-likeness (QED) is 0.205. The molecule has 5 rings (SSSR count). The van der Waals surface area contributed by atoms with Gasteiger partial charge in [-0.15, -0.1) is 0 Å². The Morgan fingerprint density at radius 3 is 2.02 bits per heavy atom. The molecule has 0 bridgehead atoms. The second kappa shape index (κ2) is 10.4. The van der Waals surface area contributed by atoms with Crippen molar-refractivity contribution in [2.45, 2.75) is 65.3 Å². The largest absolute Gasteiger partial charge is 0.294 e. The number of Topliss-reactive ketones (excluding diaryl/α,β-unsaturated/α-hetero) is 1. The van der Waals surface area contributed by atoms with Gasteiger partial charge in [-0.25, -0.2) is 0 Å². The van der Waals surface area contributed by atoms with Gasteiger partial charge in [0.1, 0.15) is 0 Å². The van der Waals surface area contributed by atoms with E-state index >= 15 is 0 Å². The van der Waals surface area contributed by atoms with Gasteiger partial charge in [-0.3, -0.25) is 19.3 Å². The number of rotatable bonds is 7. The van der Waals surface area contributed by atoms with Crippen LogP contribution in [0.1, 0.15) is 74.9 Å². The van der Waals surface area contributed by atoms with Crippen LogP contribution in [0.25, 0.3) is 0 Å². The summed E-state index contributed by atoms with van der Waals surface area (Å²) in [5.74, 6) is -1.89. The van der Waals surface area contributed by atoms with Gasteiger partial charge in [0.05, 0.1) is 11.3 Å². The molecule has 4 atom stereocenters. The van der Waals surface area contributed by atoms with Crippen molar-refractivity contribution in [1.29, 1.82) is 0 Å². The number of hydrogen-bond donors (Lipinski definition) is 0. The van der Waals surface area contributed by atoms with Crippen LogP contribution < -0.4 is 0 Å². The molecule has 4 nitrogen and oxygen atoms in total. The number of imide groups is 1. The summed E-state index contributed by atoms with van der Waals surface area (Å²) in [7, 11) is 0.